The number of ether oxygens (including phenoxy) is 1. The Balaban J connectivity index is 1.88. The Bertz CT molecular complexity index is 1060. The van der Waals surface area contributed by atoms with E-state index in [1.54, 1.807) is 6.92 Å². The minimum Gasteiger partial charge on any atom is -0.507 e. The van der Waals surface area contributed by atoms with Gasteiger partial charge in [-0.1, -0.05) is 30.3 Å². The smallest absolute Gasteiger partial charge is 0.196 e. The van der Waals surface area contributed by atoms with Crippen LogP contribution in [-0.4, -0.2) is 29.9 Å². The number of aliphatic hydroxyl groups excluding tert-OH is 1. The summed E-state index contributed by atoms with van der Waals surface area (Å²) in [6.07, 6.45) is 0.768. The van der Waals surface area contributed by atoms with Crippen LogP contribution in [0.5, 0.6) is 11.5 Å². The Morgan fingerprint density at radius 1 is 1.24 bits per heavy atom. The molecular formula is C23H25NO5. The third kappa shape index (κ3) is 3.86. The molecule has 3 N–H and O–H groups in total. The topological polar surface area (TPSA) is 91.9 Å². The molecule has 6 nitrogen and oxygen atoms in total. The molecule has 1 saturated heterocycles. The molecule has 0 bridgehead atoms. The zero-order valence-electron chi connectivity index (χ0n) is 16.4. The van der Waals surface area contributed by atoms with Crippen LogP contribution >= 0.6 is 0 Å². The van der Waals surface area contributed by atoms with Crippen LogP contribution < -0.4 is 15.5 Å². The quantitative estimate of drug-likeness (QED) is 0.615. The van der Waals surface area contributed by atoms with Crippen molar-refractivity contribution in [2.24, 2.45) is 5.92 Å². The lowest BCUT2D eigenvalue weighted by Gasteiger charge is -2.32. The molecule has 1 aliphatic heterocycles. The lowest BCUT2D eigenvalue weighted by molar-refractivity contribution is 0.176. The highest BCUT2D eigenvalue weighted by Crippen LogP contribution is 2.43. The van der Waals surface area contributed by atoms with E-state index in [1.807, 2.05) is 30.3 Å². The number of phenols is 1. The Morgan fingerprint density at radius 2 is 2.03 bits per heavy atom. The van der Waals surface area contributed by atoms with Gasteiger partial charge in [0.25, 0.3) is 0 Å². The number of aliphatic hydroxyl groups is 1. The molecular weight excluding hydrogens is 370 g/mol. The lowest BCUT2D eigenvalue weighted by atomic mass is 9.80. The van der Waals surface area contributed by atoms with Crippen molar-refractivity contribution >= 4 is 11.0 Å². The predicted molar refractivity (Wildman–Crippen MR) is 110 cm³/mol. The fraction of sp³-hybridized carbons (Fsp3) is 0.348. The van der Waals surface area contributed by atoms with E-state index in [2.05, 4.69) is 5.32 Å². The van der Waals surface area contributed by atoms with E-state index in [4.69, 9.17) is 9.15 Å². The number of rotatable bonds is 5. The summed E-state index contributed by atoms with van der Waals surface area (Å²) in [6, 6.07) is 12.6. The van der Waals surface area contributed by atoms with Crippen LogP contribution in [0.4, 0.5) is 0 Å². The highest BCUT2D eigenvalue weighted by atomic mass is 16.5. The van der Waals surface area contributed by atoms with Gasteiger partial charge in [-0.05, 0) is 31.4 Å². The van der Waals surface area contributed by atoms with E-state index in [0.717, 1.165) is 24.1 Å². The Kier molecular flexibility index (Phi) is 5.56. The van der Waals surface area contributed by atoms with Gasteiger partial charge in [-0.25, -0.2) is 0 Å². The van der Waals surface area contributed by atoms with Gasteiger partial charge in [-0.2, -0.15) is 0 Å². The van der Waals surface area contributed by atoms with E-state index >= 15 is 0 Å². The molecule has 0 aliphatic carbocycles. The van der Waals surface area contributed by atoms with Gasteiger partial charge in [0.15, 0.2) is 5.43 Å². The van der Waals surface area contributed by atoms with Crippen LogP contribution in [0.25, 0.3) is 11.0 Å². The van der Waals surface area contributed by atoms with E-state index in [0.29, 0.717) is 30.2 Å². The summed E-state index contributed by atoms with van der Waals surface area (Å²) in [7, 11) is 0. The standard InChI is InChI=1S/C23H25NO5/c1-14-9-18(26)22-19(27)10-20(28-13-15-5-3-2-4-6-15)21(23(22)29-14)17-7-8-24-11-16(17)12-25/h2-6,9-10,16-17,24-25,27H,7-8,11-13H2,1H3. The zero-order chi connectivity index (χ0) is 20.4. The van der Waals surface area contributed by atoms with Crippen LogP contribution in [0, 0.1) is 12.8 Å². The number of aryl methyl sites for hydroxylation is 1. The molecule has 0 saturated carbocycles. The summed E-state index contributed by atoms with van der Waals surface area (Å²) in [6.45, 7) is 3.50. The summed E-state index contributed by atoms with van der Waals surface area (Å²) in [5, 5.41) is 24.0. The summed E-state index contributed by atoms with van der Waals surface area (Å²) in [5.41, 5.74) is 1.80. The first kappa shape index (κ1) is 19.5. The van der Waals surface area contributed by atoms with Crippen molar-refractivity contribution in [3.8, 4) is 11.5 Å². The lowest BCUT2D eigenvalue weighted by Crippen LogP contribution is -2.37. The molecule has 3 aromatic rings. The van der Waals surface area contributed by atoms with Gasteiger partial charge < -0.3 is 24.7 Å². The summed E-state index contributed by atoms with van der Waals surface area (Å²) in [4.78, 5) is 12.6. The van der Waals surface area contributed by atoms with Crippen LogP contribution in [0.1, 0.15) is 29.2 Å². The molecule has 2 aromatic carbocycles. The molecule has 4 rings (SSSR count). The van der Waals surface area contributed by atoms with Gasteiger partial charge in [-0.15, -0.1) is 0 Å². The first-order valence-electron chi connectivity index (χ1n) is 9.87. The highest BCUT2D eigenvalue weighted by Gasteiger charge is 2.32. The van der Waals surface area contributed by atoms with Gasteiger partial charge in [0.05, 0.1) is 0 Å². The number of piperidine rings is 1. The zero-order valence-corrected chi connectivity index (χ0v) is 16.4. The predicted octanol–water partition coefficient (Wildman–Crippen LogP) is 3.07. The molecule has 0 amide bonds. The maximum atomic E-state index is 12.6. The number of benzene rings is 2. The summed E-state index contributed by atoms with van der Waals surface area (Å²) >= 11 is 0. The fourth-order valence-electron chi connectivity index (χ4n) is 4.13. The van der Waals surface area contributed by atoms with Gasteiger partial charge >= 0.3 is 0 Å². The summed E-state index contributed by atoms with van der Waals surface area (Å²) < 4.78 is 12.1. The molecule has 0 spiro atoms. The van der Waals surface area contributed by atoms with Gasteiger partial charge in [0.2, 0.25) is 0 Å². The Labute approximate surface area is 168 Å². The number of phenolic OH excluding ortho intramolecular Hbond substituents is 1. The third-order valence-electron chi connectivity index (χ3n) is 5.56. The molecule has 2 heterocycles. The number of aromatic hydroxyl groups is 1. The SMILES string of the molecule is Cc1cc(=O)c2c(O)cc(OCc3ccccc3)c(C3CCNCC3CO)c2o1. The van der Waals surface area contributed by atoms with Crippen LogP contribution in [0.3, 0.4) is 0 Å². The summed E-state index contributed by atoms with van der Waals surface area (Å²) in [5.74, 6) is 0.701. The highest BCUT2D eigenvalue weighted by molar-refractivity contribution is 5.88. The first-order chi connectivity index (χ1) is 14.1. The van der Waals surface area contributed by atoms with E-state index in [1.165, 1.54) is 12.1 Å². The van der Waals surface area contributed by atoms with Crippen LogP contribution in [-0.2, 0) is 6.61 Å². The Hall–Kier alpha value is -2.83. The molecule has 1 aromatic heterocycles. The van der Waals surface area contributed by atoms with Crippen molar-refractivity contribution < 1.29 is 19.4 Å². The molecule has 1 aliphatic rings. The average molecular weight is 395 g/mol. The van der Waals surface area contributed by atoms with Crippen LogP contribution in [0.15, 0.2) is 51.7 Å². The molecule has 1 fully saturated rings. The van der Waals surface area contributed by atoms with E-state index < -0.39 is 0 Å². The monoisotopic (exact) mass is 395 g/mol. The van der Waals surface area contributed by atoms with Gasteiger partial charge in [0, 0.05) is 36.8 Å². The second-order valence-electron chi connectivity index (χ2n) is 7.55. The van der Waals surface area contributed by atoms with E-state index in [-0.39, 0.29) is 35.0 Å². The molecule has 2 atom stereocenters. The Morgan fingerprint density at radius 3 is 2.79 bits per heavy atom. The minimum atomic E-state index is -0.286. The maximum absolute atomic E-state index is 12.6. The maximum Gasteiger partial charge on any atom is 0.196 e. The third-order valence-corrected chi connectivity index (χ3v) is 5.56. The average Bonchev–Trinajstić information content (AvgIpc) is 2.72. The number of fused-ring (bicyclic) bond motifs is 1. The largest absolute Gasteiger partial charge is 0.507 e. The number of hydrogen-bond acceptors (Lipinski definition) is 6. The fourth-order valence-corrected chi connectivity index (χ4v) is 4.13. The minimum absolute atomic E-state index is 0.00814. The molecule has 6 heteroatoms. The van der Waals surface area contributed by atoms with Crippen molar-refractivity contribution in [2.75, 3.05) is 19.7 Å². The second kappa shape index (κ2) is 8.27. The number of nitrogens with one attached hydrogen (secondary N) is 1. The molecule has 0 radical (unpaired) electrons. The molecule has 29 heavy (non-hydrogen) atoms. The van der Waals surface area contributed by atoms with Crippen molar-refractivity contribution in [1.29, 1.82) is 0 Å². The normalized spacial score (nSPS) is 19.4. The van der Waals surface area contributed by atoms with Gasteiger partial charge in [-0.3, -0.25) is 4.79 Å². The van der Waals surface area contributed by atoms with Crippen molar-refractivity contribution in [1.82, 2.24) is 5.32 Å². The first-order valence-corrected chi connectivity index (χ1v) is 9.87. The van der Waals surface area contributed by atoms with E-state index in [9.17, 15) is 15.0 Å². The number of hydrogen-bond donors (Lipinski definition) is 3. The van der Waals surface area contributed by atoms with Gasteiger partial charge in [0.1, 0.15) is 34.8 Å². The molecule has 2 unspecified atom stereocenters. The van der Waals surface area contributed by atoms with Crippen molar-refractivity contribution in [3.63, 3.8) is 0 Å². The van der Waals surface area contributed by atoms with Crippen molar-refractivity contribution in [2.45, 2.75) is 25.9 Å². The van der Waals surface area contributed by atoms with Crippen molar-refractivity contribution in [3.05, 3.63) is 69.6 Å². The van der Waals surface area contributed by atoms with Crippen LogP contribution in [0.2, 0.25) is 0 Å². The molecule has 152 valence electrons. The second-order valence-corrected chi connectivity index (χ2v) is 7.55.